The van der Waals surface area contributed by atoms with Crippen molar-refractivity contribution in [2.24, 2.45) is 17.5 Å². The quantitative estimate of drug-likeness (QED) is 0.215. The fraction of sp³-hybridized carbons (Fsp3) is 0.448. The Morgan fingerprint density at radius 2 is 1.80 bits per heavy atom. The van der Waals surface area contributed by atoms with Gasteiger partial charge in [-0.15, -0.1) is 0 Å². The first-order valence-electron chi connectivity index (χ1n) is 13.1. The molecule has 0 saturated heterocycles. The number of aromatic nitrogens is 2. The lowest BCUT2D eigenvalue weighted by molar-refractivity contribution is -0.123. The zero-order chi connectivity index (χ0) is 30.0. The van der Waals surface area contributed by atoms with Crippen LogP contribution in [0.15, 0.2) is 63.5 Å². The van der Waals surface area contributed by atoms with Crippen LogP contribution in [0.25, 0.3) is 5.69 Å². The minimum atomic E-state index is -0.733. The number of likely N-dealkylation sites (N-methyl/N-ethyl adjacent to an activating group) is 1. The van der Waals surface area contributed by atoms with Crippen LogP contribution in [-0.2, 0) is 27.8 Å². The lowest BCUT2D eigenvalue weighted by Gasteiger charge is -2.24. The Hall–Kier alpha value is -3.63. The largest absolute Gasteiger partial charge is 0.477 e. The highest BCUT2D eigenvalue weighted by Gasteiger charge is 2.28. The molecule has 0 aliphatic carbocycles. The van der Waals surface area contributed by atoms with Gasteiger partial charge in [-0.2, -0.15) is 0 Å². The first-order valence-corrected chi connectivity index (χ1v) is 13.4. The summed E-state index contributed by atoms with van der Waals surface area (Å²) in [5, 5.41) is 5.81. The van der Waals surface area contributed by atoms with E-state index in [1.165, 1.54) is 6.08 Å². The van der Waals surface area contributed by atoms with Crippen LogP contribution in [0.5, 0.6) is 0 Å². The van der Waals surface area contributed by atoms with Crippen molar-refractivity contribution in [1.29, 1.82) is 0 Å². The second-order valence-corrected chi connectivity index (χ2v) is 10.9. The van der Waals surface area contributed by atoms with Gasteiger partial charge in [0.2, 0.25) is 17.7 Å². The minimum absolute atomic E-state index is 0.00859. The molecule has 11 heteroatoms. The highest BCUT2D eigenvalue weighted by atomic mass is 35.5. The van der Waals surface area contributed by atoms with E-state index in [9.17, 15) is 14.4 Å². The number of nitrogens with zero attached hydrogens (tertiary/aromatic N) is 4. The Balaban J connectivity index is 2.25. The number of aliphatic imine (C=N–C) groups is 1. The van der Waals surface area contributed by atoms with Gasteiger partial charge in [-0.3, -0.25) is 24.1 Å². The van der Waals surface area contributed by atoms with E-state index in [2.05, 4.69) is 22.2 Å². The van der Waals surface area contributed by atoms with E-state index in [-0.39, 0.29) is 52.5 Å². The van der Waals surface area contributed by atoms with E-state index in [1.54, 1.807) is 30.4 Å². The zero-order valence-electron chi connectivity index (χ0n) is 24.5. The molecular weight excluding hydrogens is 532 g/mol. The van der Waals surface area contributed by atoms with Crippen molar-refractivity contribution in [1.82, 2.24) is 19.6 Å². The number of rotatable bonds is 13. The third-order valence-corrected chi connectivity index (χ3v) is 6.12. The summed E-state index contributed by atoms with van der Waals surface area (Å²) in [5.41, 5.74) is 0.887. The van der Waals surface area contributed by atoms with Crippen molar-refractivity contribution in [3.05, 3.63) is 69.8 Å². The SMILES string of the molecule is C=C(Cl)/C=C(/NC(=O)CC(C)(C)CC(=O)Nc1c(CCN(C)C)n(C)n(-c2ccccc2)c1=O)C(=NC)OCC. The summed E-state index contributed by atoms with van der Waals surface area (Å²) in [6, 6.07) is 9.27. The maximum Gasteiger partial charge on any atom is 0.295 e. The molecule has 0 bridgehead atoms. The summed E-state index contributed by atoms with van der Waals surface area (Å²) >= 11 is 5.94. The van der Waals surface area contributed by atoms with E-state index < -0.39 is 5.41 Å². The molecule has 10 nitrogen and oxygen atoms in total. The Labute approximate surface area is 241 Å². The molecule has 0 atom stereocenters. The molecule has 0 aliphatic heterocycles. The highest BCUT2D eigenvalue weighted by molar-refractivity contribution is 6.31. The molecule has 0 saturated carbocycles. The molecule has 0 aliphatic rings. The first-order chi connectivity index (χ1) is 18.8. The summed E-state index contributed by atoms with van der Waals surface area (Å²) in [7, 11) is 7.25. The van der Waals surface area contributed by atoms with E-state index in [4.69, 9.17) is 16.3 Å². The second kappa shape index (κ2) is 14.7. The molecule has 218 valence electrons. The molecule has 2 N–H and O–H groups in total. The van der Waals surface area contributed by atoms with Gasteiger partial charge >= 0.3 is 0 Å². The van der Waals surface area contributed by atoms with Gasteiger partial charge in [-0.1, -0.05) is 50.2 Å². The van der Waals surface area contributed by atoms with Crippen molar-refractivity contribution in [3.63, 3.8) is 0 Å². The fourth-order valence-electron chi connectivity index (χ4n) is 4.27. The molecule has 2 amide bonds. The molecule has 1 heterocycles. The molecule has 0 spiro atoms. The number of hydrogen-bond donors (Lipinski definition) is 2. The predicted octanol–water partition coefficient (Wildman–Crippen LogP) is 3.84. The number of anilines is 1. The number of amides is 2. The van der Waals surface area contributed by atoms with Crippen LogP contribution in [0.2, 0.25) is 0 Å². The van der Waals surface area contributed by atoms with E-state index in [1.807, 2.05) is 63.2 Å². The van der Waals surface area contributed by atoms with Crippen molar-refractivity contribution in [3.8, 4) is 5.69 Å². The van der Waals surface area contributed by atoms with Crippen LogP contribution >= 0.6 is 11.6 Å². The number of hydrogen-bond acceptors (Lipinski definition) is 6. The average molecular weight is 573 g/mol. The topological polar surface area (TPSA) is 110 Å². The maximum absolute atomic E-state index is 13.5. The number of para-hydroxylation sites is 1. The van der Waals surface area contributed by atoms with Crippen LogP contribution in [0.4, 0.5) is 5.69 Å². The summed E-state index contributed by atoms with van der Waals surface area (Å²) in [5.74, 6) is -0.486. The third kappa shape index (κ3) is 9.24. The number of benzene rings is 1. The van der Waals surface area contributed by atoms with E-state index in [0.29, 0.717) is 31.0 Å². The Morgan fingerprint density at radius 1 is 1.18 bits per heavy atom. The summed E-state index contributed by atoms with van der Waals surface area (Å²) in [4.78, 5) is 45.7. The normalized spacial score (nSPS) is 12.4. The lowest BCUT2D eigenvalue weighted by Crippen LogP contribution is -2.34. The Kier molecular flexibility index (Phi) is 11.9. The Morgan fingerprint density at radius 3 is 2.35 bits per heavy atom. The van der Waals surface area contributed by atoms with Crippen molar-refractivity contribution in [2.75, 3.05) is 39.6 Å². The molecular formula is C29H41ClN6O4. The third-order valence-electron chi connectivity index (χ3n) is 6.01. The molecule has 0 unspecified atom stereocenters. The van der Waals surface area contributed by atoms with Crippen LogP contribution in [0.3, 0.4) is 0 Å². The summed E-state index contributed by atoms with van der Waals surface area (Å²) in [6.45, 7) is 10.1. The fourth-order valence-corrected chi connectivity index (χ4v) is 4.38. The van der Waals surface area contributed by atoms with Gasteiger partial charge in [-0.05, 0) is 44.6 Å². The van der Waals surface area contributed by atoms with Crippen LogP contribution in [0.1, 0.15) is 39.3 Å². The van der Waals surface area contributed by atoms with Gasteiger partial charge in [0.1, 0.15) is 11.4 Å². The number of allylic oxidation sites excluding steroid dienone is 2. The molecule has 1 aromatic heterocycles. The summed E-state index contributed by atoms with van der Waals surface area (Å²) in [6.07, 6.45) is 2.04. The van der Waals surface area contributed by atoms with Gasteiger partial charge in [0.15, 0.2) is 0 Å². The van der Waals surface area contributed by atoms with Gasteiger partial charge < -0.3 is 20.3 Å². The number of nitrogens with one attached hydrogen (secondary N) is 2. The monoisotopic (exact) mass is 572 g/mol. The van der Waals surface area contributed by atoms with Crippen LogP contribution < -0.4 is 16.2 Å². The van der Waals surface area contributed by atoms with Crippen LogP contribution in [-0.4, -0.2) is 66.3 Å². The van der Waals surface area contributed by atoms with E-state index in [0.717, 1.165) is 0 Å². The van der Waals surface area contributed by atoms with Gasteiger partial charge in [0.25, 0.3) is 5.56 Å². The number of carbonyl (C=O) groups is 2. The molecule has 0 radical (unpaired) electrons. The standard InChI is InChI=1S/C29H41ClN6O4/c1-9-40-27(31-5)22(17-20(2)30)32-24(37)18-29(3,4)19-25(38)33-26-23(15-16-34(6)7)35(8)36(28(26)39)21-13-11-10-12-14-21/h10-14,17H,2,9,15-16,18-19H2,1,3-8H3,(H,32,37)(H,33,38)/b22-17+,31-27?. The van der Waals surface area contributed by atoms with E-state index >= 15 is 0 Å². The zero-order valence-corrected chi connectivity index (χ0v) is 25.3. The van der Waals surface area contributed by atoms with Gasteiger partial charge in [-0.25, -0.2) is 4.68 Å². The number of carbonyl (C=O) groups excluding carboxylic acids is 2. The number of ether oxygens (including phenoxy) is 1. The Bertz CT molecular complexity index is 1320. The summed E-state index contributed by atoms with van der Waals surface area (Å²) < 4.78 is 8.80. The first kappa shape index (κ1) is 32.6. The van der Waals surface area contributed by atoms with Crippen molar-refractivity contribution < 1.29 is 14.3 Å². The predicted molar refractivity (Wildman–Crippen MR) is 161 cm³/mol. The number of halogens is 1. The highest BCUT2D eigenvalue weighted by Crippen LogP contribution is 2.26. The average Bonchev–Trinajstić information content (AvgIpc) is 3.08. The second-order valence-electron chi connectivity index (χ2n) is 10.4. The molecule has 2 aromatic rings. The maximum atomic E-state index is 13.5. The van der Waals surface area contributed by atoms with Gasteiger partial charge in [0, 0.05) is 44.9 Å². The van der Waals surface area contributed by atoms with Gasteiger partial charge in [0.05, 0.1) is 18.0 Å². The lowest BCUT2D eigenvalue weighted by atomic mass is 9.85. The van der Waals surface area contributed by atoms with Crippen molar-refractivity contribution in [2.45, 2.75) is 40.0 Å². The molecule has 40 heavy (non-hydrogen) atoms. The van der Waals surface area contributed by atoms with Crippen LogP contribution in [0, 0.1) is 5.41 Å². The smallest absolute Gasteiger partial charge is 0.295 e. The molecule has 2 rings (SSSR count). The molecule has 1 aromatic carbocycles. The minimum Gasteiger partial charge on any atom is -0.477 e. The molecule has 0 fully saturated rings. The van der Waals surface area contributed by atoms with Crippen molar-refractivity contribution >= 4 is 35.0 Å².